The van der Waals surface area contributed by atoms with Gasteiger partial charge in [-0.3, -0.25) is 4.79 Å². The molecule has 0 aliphatic carbocycles. The molecule has 0 radical (unpaired) electrons. The van der Waals surface area contributed by atoms with Crippen LogP contribution in [0.3, 0.4) is 0 Å². The van der Waals surface area contributed by atoms with Crippen LogP contribution in [0.1, 0.15) is 12.0 Å². The number of nitrogens with zero attached hydrogens (tertiary/aromatic N) is 5. The summed E-state index contributed by atoms with van der Waals surface area (Å²) in [6, 6.07) is 21.3. The second-order valence-corrected chi connectivity index (χ2v) is 8.35. The fourth-order valence-corrected chi connectivity index (χ4v) is 4.24. The highest BCUT2D eigenvalue weighted by molar-refractivity contribution is 5.96. The van der Waals surface area contributed by atoms with Gasteiger partial charge in [-0.25, -0.2) is 14.3 Å². The number of rotatable bonds is 6. The van der Waals surface area contributed by atoms with Crippen molar-refractivity contribution in [2.24, 2.45) is 0 Å². The Kier molecular flexibility index (Phi) is 5.59. The minimum Gasteiger partial charge on any atom is -0.465 e. The lowest BCUT2D eigenvalue weighted by Gasteiger charge is -2.18. The molecule has 3 heterocycles. The number of benzene rings is 2. The molecule has 2 N–H and O–H groups in total. The summed E-state index contributed by atoms with van der Waals surface area (Å²) in [5.41, 5.74) is 4.43. The van der Waals surface area contributed by atoms with E-state index in [1.165, 1.54) is 5.56 Å². The average molecular weight is 457 g/mol. The van der Waals surface area contributed by atoms with Crippen molar-refractivity contribution in [1.29, 1.82) is 0 Å². The van der Waals surface area contributed by atoms with E-state index in [-0.39, 0.29) is 12.3 Å². The molecule has 1 fully saturated rings. The number of aromatic nitrogens is 3. The zero-order valence-electron chi connectivity index (χ0n) is 18.6. The van der Waals surface area contributed by atoms with E-state index in [0.717, 1.165) is 35.0 Å². The van der Waals surface area contributed by atoms with Crippen LogP contribution in [0, 0.1) is 0 Å². The van der Waals surface area contributed by atoms with Crippen LogP contribution in [0.4, 0.5) is 16.3 Å². The lowest BCUT2D eigenvalue weighted by atomic mass is 10.1. The number of nitrogens with one attached hydrogen (secondary N) is 1. The van der Waals surface area contributed by atoms with Gasteiger partial charge >= 0.3 is 6.09 Å². The summed E-state index contributed by atoms with van der Waals surface area (Å²) in [4.78, 5) is 31.4. The fraction of sp³-hybridized carbons (Fsp3) is 0.200. The number of carbonyl (C=O) groups excluding carboxylic acids is 1. The van der Waals surface area contributed by atoms with Gasteiger partial charge < -0.3 is 20.2 Å². The van der Waals surface area contributed by atoms with Crippen molar-refractivity contribution >= 4 is 29.2 Å². The van der Waals surface area contributed by atoms with Crippen LogP contribution in [0.15, 0.2) is 72.9 Å². The maximum atomic E-state index is 12.4. The van der Waals surface area contributed by atoms with Crippen molar-refractivity contribution in [2.75, 3.05) is 23.4 Å². The summed E-state index contributed by atoms with van der Waals surface area (Å²) in [5, 5.41) is 16.1. The molecule has 0 unspecified atom stereocenters. The van der Waals surface area contributed by atoms with Gasteiger partial charge in [-0.15, -0.1) is 5.10 Å². The largest absolute Gasteiger partial charge is 0.465 e. The van der Waals surface area contributed by atoms with Crippen LogP contribution in [0.5, 0.6) is 0 Å². The molecule has 2 aromatic carbocycles. The first kappa shape index (κ1) is 21.4. The molecule has 0 saturated carbocycles. The Balaban J connectivity index is 1.37. The van der Waals surface area contributed by atoms with Gasteiger partial charge in [-0.1, -0.05) is 42.5 Å². The standard InChI is InChI=1S/C25H24N6O3/c1-29(15-17-5-3-2-4-6-17)23-12-11-22-26-14-21(31(22)28-23)18-7-9-20(10-8-18)30-16-19(13-24(30)32)27-25(33)34/h2-12,14,19,27H,13,15-16H2,1H3,(H,33,34)/t19-/m0/s1. The number of carboxylic acid groups (broad SMARTS) is 1. The highest BCUT2D eigenvalue weighted by Gasteiger charge is 2.31. The Bertz CT molecular complexity index is 1340. The lowest BCUT2D eigenvalue weighted by molar-refractivity contribution is -0.117. The first-order chi connectivity index (χ1) is 16.5. The molecule has 1 aliphatic heterocycles. The van der Waals surface area contributed by atoms with Gasteiger partial charge in [0.2, 0.25) is 5.91 Å². The van der Waals surface area contributed by atoms with E-state index in [0.29, 0.717) is 6.54 Å². The third-order valence-corrected chi connectivity index (χ3v) is 5.93. The van der Waals surface area contributed by atoms with Crippen molar-refractivity contribution in [3.63, 3.8) is 0 Å². The topological polar surface area (TPSA) is 103 Å². The number of carbonyl (C=O) groups is 2. The van der Waals surface area contributed by atoms with E-state index in [4.69, 9.17) is 10.2 Å². The van der Waals surface area contributed by atoms with E-state index in [2.05, 4.69) is 27.3 Å². The summed E-state index contributed by atoms with van der Waals surface area (Å²) in [6.45, 7) is 1.05. The van der Waals surface area contributed by atoms with E-state index < -0.39 is 12.1 Å². The number of amides is 2. The summed E-state index contributed by atoms with van der Waals surface area (Å²) >= 11 is 0. The second kappa shape index (κ2) is 8.86. The predicted octanol–water partition coefficient (Wildman–Crippen LogP) is 3.41. The SMILES string of the molecule is CN(Cc1ccccc1)c1ccc2ncc(-c3ccc(N4C[C@@H](NC(=O)O)CC4=O)cc3)n2n1. The van der Waals surface area contributed by atoms with Crippen molar-refractivity contribution in [3.8, 4) is 11.3 Å². The lowest BCUT2D eigenvalue weighted by Crippen LogP contribution is -2.36. The Morgan fingerprint density at radius 3 is 2.62 bits per heavy atom. The number of imidazole rings is 1. The predicted molar refractivity (Wildman–Crippen MR) is 129 cm³/mol. The maximum absolute atomic E-state index is 12.4. The molecule has 9 nitrogen and oxygen atoms in total. The van der Waals surface area contributed by atoms with Crippen molar-refractivity contribution in [1.82, 2.24) is 19.9 Å². The number of fused-ring (bicyclic) bond motifs is 1. The molecular weight excluding hydrogens is 432 g/mol. The smallest absolute Gasteiger partial charge is 0.404 e. The van der Waals surface area contributed by atoms with E-state index in [1.54, 1.807) is 11.1 Å². The summed E-state index contributed by atoms with van der Waals surface area (Å²) in [6.07, 6.45) is 0.820. The van der Waals surface area contributed by atoms with Gasteiger partial charge in [0.05, 0.1) is 17.9 Å². The van der Waals surface area contributed by atoms with Gasteiger partial charge in [0, 0.05) is 37.8 Å². The first-order valence-corrected chi connectivity index (χ1v) is 11.0. The molecule has 34 heavy (non-hydrogen) atoms. The fourth-order valence-electron chi connectivity index (χ4n) is 4.24. The maximum Gasteiger partial charge on any atom is 0.404 e. The van der Waals surface area contributed by atoms with Crippen molar-refractivity contribution in [3.05, 3.63) is 78.5 Å². The molecule has 2 aromatic heterocycles. The summed E-state index contributed by atoms with van der Waals surface area (Å²) < 4.78 is 1.82. The van der Waals surface area contributed by atoms with Crippen LogP contribution in [0.2, 0.25) is 0 Å². The summed E-state index contributed by atoms with van der Waals surface area (Å²) in [5.74, 6) is 0.723. The molecule has 1 saturated heterocycles. The molecule has 1 atom stereocenters. The third-order valence-electron chi connectivity index (χ3n) is 5.93. The molecule has 0 spiro atoms. The molecule has 4 aromatic rings. The normalized spacial score (nSPS) is 15.6. The van der Waals surface area contributed by atoms with Gasteiger partial charge in [0.25, 0.3) is 0 Å². The zero-order chi connectivity index (χ0) is 23.7. The van der Waals surface area contributed by atoms with Gasteiger partial charge in [-0.05, 0) is 29.8 Å². The Morgan fingerprint density at radius 1 is 1.12 bits per heavy atom. The number of hydrogen-bond acceptors (Lipinski definition) is 5. The van der Waals surface area contributed by atoms with Crippen LogP contribution < -0.4 is 15.1 Å². The molecule has 9 heteroatoms. The van der Waals surface area contributed by atoms with Crippen molar-refractivity contribution in [2.45, 2.75) is 19.0 Å². The van der Waals surface area contributed by atoms with Gasteiger partial charge in [0.15, 0.2) is 5.65 Å². The molecule has 172 valence electrons. The quantitative estimate of drug-likeness (QED) is 0.461. The Hall–Kier alpha value is -4.40. The van der Waals surface area contributed by atoms with Crippen LogP contribution in [-0.2, 0) is 11.3 Å². The van der Waals surface area contributed by atoms with E-state index in [9.17, 15) is 9.59 Å². The number of hydrogen-bond donors (Lipinski definition) is 2. The molecule has 0 bridgehead atoms. The first-order valence-electron chi connectivity index (χ1n) is 11.0. The Morgan fingerprint density at radius 2 is 1.88 bits per heavy atom. The molecular formula is C25H24N6O3. The van der Waals surface area contributed by atoms with Crippen LogP contribution in [-0.4, -0.2) is 51.3 Å². The van der Waals surface area contributed by atoms with E-state index >= 15 is 0 Å². The average Bonchev–Trinajstić information content (AvgIpc) is 3.42. The van der Waals surface area contributed by atoms with Crippen molar-refractivity contribution < 1.29 is 14.7 Å². The highest BCUT2D eigenvalue weighted by Crippen LogP contribution is 2.27. The molecule has 1 aliphatic rings. The monoisotopic (exact) mass is 456 g/mol. The highest BCUT2D eigenvalue weighted by atomic mass is 16.4. The van der Waals surface area contributed by atoms with Crippen LogP contribution in [0.25, 0.3) is 16.9 Å². The van der Waals surface area contributed by atoms with Crippen LogP contribution >= 0.6 is 0 Å². The minimum atomic E-state index is -1.12. The Labute approximate surface area is 196 Å². The molecule has 5 rings (SSSR count). The van der Waals surface area contributed by atoms with Gasteiger partial charge in [-0.2, -0.15) is 0 Å². The minimum absolute atomic E-state index is 0.103. The second-order valence-electron chi connectivity index (χ2n) is 8.35. The number of anilines is 2. The summed E-state index contributed by atoms with van der Waals surface area (Å²) in [7, 11) is 2.01. The zero-order valence-corrected chi connectivity index (χ0v) is 18.6. The molecule has 2 amide bonds. The van der Waals surface area contributed by atoms with E-state index in [1.807, 2.05) is 66.2 Å². The third kappa shape index (κ3) is 4.27. The van der Waals surface area contributed by atoms with Gasteiger partial charge in [0.1, 0.15) is 5.82 Å².